The van der Waals surface area contributed by atoms with Gasteiger partial charge >= 0.3 is 0 Å². The Hall–Kier alpha value is -3.20. The molecule has 8 rings (SSSR count). The third-order valence-corrected chi connectivity index (χ3v) is 8.51. The smallest absolute Gasteiger partial charge is 0.0973 e. The van der Waals surface area contributed by atoms with E-state index in [2.05, 4.69) is 109 Å². The Morgan fingerprint density at radius 2 is 0.656 bits per heavy atom. The number of hydrogen-bond acceptors (Lipinski definition) is 2. The minimum absolute atomic E-state index is 0.0466. The molecule has 2 aliphatic carbocycles. The number of fused-ring (bicyclic) bond motifs is 6. The quantitative estimate of drug-likeness (QED) is 0.372. The molecule has 2 fully saturated rings. The van der Waals surface area contributed by atoms with E-state index >= 15 is 0 Å². The molecule has 4 aromatic carbocycles. The van der Waals surface area contributed by atoms with Crippen molar-refractivity contribution in [2.45, 2.75) is 35.2 Å². The molecule has 0 radical (unpaired) electrons. The molecule has 0 aromatic heterocycles. The molecular formula is C30H22O2. The molecule has 2 saturated heterocycles. The highest BCUT2D eigenvalue weighted by Crippen LogP contribution is 2.84. The molecule has 2 nitrogen and oxygen atoms in total. The average molecular weight is 415 g/mol. The van der Waals surface area contributed by atoms with Crippen LogP contribution in [0.3, 0.4) is 0 Å². The van der Waals surface area contributed by atoms with Gasteiger partial charge in [0.05, 0.1) is 35.2 Å². The van der Waals surface area contributed by atoms with Gasteiger partial charge in [0.25, 0.3) is 0 Å². The fraction of sp³-hybridized carbons (Fsp3) is 0.200. The first-order chi connectivity index (χ1) is 15.9. The summed E-state index contributed by atoms with van der Waals surface area (Å²) in [5, 5.41) is 0. The van der Waals surface area contributed by atoms with Crippen LogP contribution in [0.15, 0.2) is 109 Å². The predicted octanol–water partition coefficient (Wildman–Crippen LogP) is 6.51. The van der Waals surface area contributed by atoms with Gasteiger partial charge in [0, 0.05) is 0 Å². The van der Waals surface area contributed by atoms with Crippen LogP contribution in [0.4, 0.5) is 0 Å². The van der Waals surface area contributed by atoms with Crippen molar-refractivity contribution < 1.29 is 9.47 Å². The summed E-state index contributed by atoms with van der Waals surface area (Å²) < 4.78 is 14.4. The Labute approximate surface area is 187 Å². The molecule has 2 unspecified atom stereocenters. The van der Waals surface area contributed by atoms with Crippen molar-refractivity contribution in [1.29, 1.82) is 0 Å². The minimum Gasteiger partial charge on any atom is -0.363 e. The van der Waals surface area contributed by atoms with Crippen molar-refractivity contribution in [2.75, 3.05) is 0 Å². The second-order valence-corrected chi connectivity index (χ2v) is 9.52. The van der Waals surface area contributed by atoms with Crippen LogP contribution >= 0.6 is 0 Å². The highest BCUT2D eigenvalue weighted by Gasteiger charge is 2.83. The van der Waals surface area contributed by atoms with Crippen LogP contribution in [0, 0.1) is 0 Å². The standard InChI is InChI=1S/C30H22O2/c1-3-11-19(12-4-1)29-25-21-15-7-8-16-22(21)26(29)32-28-24-18-10-9-17-23(24)27(31-25)30(28,29)20-13-5-2-6-14-20/h1-18,25-28H/t25-,26+,27+,28-,29?,30?. The lowest BCUT2D eigenvalue weighted by Gasteiger charge is -2.42. The lowest BCUT2D eigenvalue weighted by molar-refractivity contribution is -0.0401. The maximum absolute atomic E-state index is 7.20. The van der Waals surface area contributed by atoms with E-state index in [1.54, 1.807) is 0 Å². The van der Waals surface area contributed by atoms with E-state index in [9.17, 15) is 0 Å². The van der Waals surface area contributed by atoms with Crippen molar-refractivity contribution in [2.24, 2.45) is 0 Å². The van der Waals surface area contributed by atoms with Gasteiger partial charge in [-0.1, -0.05) is 109 Å². The summed E-state index contributed by atoms with van der Waals surface area (Å²) in [6.45, 7) is 0. The Bertz CT molecular complexity index is 1190. The summed E-state index contributed by atoms with van der Waals surface area (Å²) in [5.41, 5.74) is 7.09. The Morgan fingerprint density at radius 3 is 0.969 bits per heavy atom. The van der Waals surface area contributed by atoms with Gasteiger partial charge in [-0.2, -0.15) is 0 Å². The van der Waals surface area contributed by atoms with E-state index in [1.165, 1.54) is 33.4 Å². The summed E-state index contributed by atoms with van der Waals surface area (Å²) in [5.74, 6) is 0. The zero-order valence-corrected chi connectivity index (χ0v) is 17.5. The SMILES string of the molecule is c1ccc(C23[C@@H]4O[C@H]5c6ccccc6[C@@H](O[C@H]2c2ccccc24)C53c2ccccc2)cc1. The van der Waals surface area contributed by atoms with E-state index in [0.717, 1.165) is 0 Å². The number of hydrogen-bond donors (Lipinski definition) is 0. The van der Waals surface area contributed by atoms with Gasteiger partial charge in [0.1, 0.15) is 0 Å². The molecule has 2 heteroatoms. The van der Waals surface area contributed by atoms with Gasteiger partial charge in [0.15, 0.2) is 0 Å². The summed E-state index contributed by atoms with van der Waals surface area (Å²) in [6, 6.07) is 39.5. The Kier molecular flexibility index (Phi) is 3.13. The lowest BCUT2D eigenvalue weighted by Crippen LogP contribution is -2.47. The van der Waals surface area contributed by atoms with Crippen LogP contribution < -0.4 is 0 Å². The molecule has 0 saturated carbocycles. The molecule has 32 heavy (non-hydrogen) atoms. The van der Waals surface area contributed by atoms with Crippen molar-refractivity contribution in [3.8, 4) is 0 Å². The van der Waals surface area contributed by atoms with Gasteiger partial charge in [-0.3, -0.25) is 0 Å². The first-order valence-corrected chi connectivity index (χ1v) is 11.5. The maximum atomic E-state index is 7.20. The van der Waals surface area contributed by atoms with Crippen LogP contribution in [0.25, 0.3) is 0 Å². The van der Waals surface area contributed by atoms with Crippen LogP contribution in [0.2, 0.25) is 0 Å². The van der Waals surface area contributed by atoms with Gasteiger partial charge in [-0.15, -0.1) is 0 Å². The summed E-state index contributed by atoms with van der Waals surface area (Å²) in [4.78, 5) is 0. The van der Waals surface area contributed by atoms with Crippen LogP contribution in [0.1, 0.15) is 57.8 Å². The van der Waals surface area contributed by atoms with Crippen molar-refractivity contribution >= 4 is 0 Å². The topological polar surface area (TPSA) is 18.5 Å². The van der Waals surface area contributed by atoms with Gasteiger partial charge in [-0.25, -0.2) is 0 Å². The van der Waals surface area contributed by atoms with Crippen molar-refractivity contribution in [1.82, 2.24) is 0 Å². The third-order valence-electron chi connectivity index (χ3n) is 8.51. The monoisotopic (exact) mass is 414 g/mol. The fourth-order valence-corrected chi connectivity index (χ4v) is 7.61. The molecule has 0 N–H and O–H groups in total. The van der Waals surface area contributed by atoms with Crippen molar-refractivity contribution in [3.05, 3.63) is 143 Å². The second-order valence-electron chi connectivity index (χ2n) is 9.52. The molecule has 0 bridgehead atoms. The van der Waals surface area contributed by atoms with E-state index < -0.39 is 0 Å². The first-order valence-electron chi connectivity index (χ1n) is 11.5. The second kappa shape index (κ2) is 5.78. The van der Waals surface area contributed by atoms with Gasteiger partial charge in [-0.05, 0) is 33.4 Å². The van der Waals surface area contributed by atoms with E-state index in [4.69, 9.17) is 9.47 Å². The lowest BCUT2D eigenvalue weighted by atomic mass is 9.54. The average Bonchev–Trinajstić information content (AvgIpc) is 3.53. The molecule has 154 valence electrons. The van der Waals surface area contributed by atoms with E-state index in [0.29, 0.717) is 0 Å². The largest absolute Gasteiger partial charge is 0.363 e. The highest BCUT2D eigenvalue weighted by atomic mass is 16.6. The fourth-order valence-electron chi connectivity index (χ4n) is 7.61. The van der Waals surface area contributed by atoms with Gasteiger partial charge in [0.2, 0.25) is 0 Å². The normalized spacial score (nSPS) is 34.9. The maximum Gasteiger partial charge on any atom is 0.0973 e. The first kappa shape index (κ1) is 17.4. The molecule has 2 heterocycles. The zero-order chi connectivity index (χ0) is 20.9. The molecule has 4 aromatic rings. The number of benzene rings is 4. The highest BCUT2D eigenvalue weighted by molar-refractivity contribution is 5.64. The molecule has 4 aliphatic rings. The van der Waals surface area contributed by atoms with E-state index in [-0.39, 0.29) is 35.2 Å². The zero-order valence-electron chi connectivity index (χ0n) is 17.5. The van der Waals surface area contributed by atoms with Crippen LogP contribution in [0.5, 0.6) is 0 Å². The van der Waals surface area contributed by atoms with Crippen LogP contribution in [-0.4, -0.2) is 0 Å². The molecule has 2 aliphatic heterocycles. The minimum atomic E-state index is -0.326. The molecule has 0 spiro atoms. The third kappa shape index (κ3) is 1.66. The predicted molar refractivity (Wildman–Crippen MR) is 122 cm³/mol. The summed E-state index contributed by atoms with van der Waals surface area (Å²) in [7, 11) is 0. The number of ether oxygens (including phenoxy) is 2. The Balaban J connectivity index is 1.55. The van der Waals surface area contributed by atoms with Crippen LogP contribution in [-0.2, 0) is 20.3 Å². The summed E-state index contributed by atoms with van der Waals surface area (Å²) in [6.07, 6.45) is -0.186. The number of rotatable bonds is 2. The molecule has 0 amide bonds. The molecular weight excluding hydrogens is 392 g/mol. The van der Waals surface area contributed by atoms with E-state index in [1.807, 2.05) is 0 Å². The van der Waals surface area contributed by atoms with Crippen molar-refractivity contribution in [3.63, 3.8) is 0 Å². The van der Waals surface area contributed by atoms with Gasteiger partial charge < -0.3 is 9.47 Å². The molecule has 6 atom stereocenters. The Morgan fingerprint density at radius 1 is 0.375 bits per heavy atom. The summed E-state index contributed by atoms with van der Waals surface area (Å²) >= 11 is 0.